The van der Waals surface area contributed by atoms with E-state index < -0.39 is 0 Å². The third kappa shape index (κ3) is 2.93. The minimum absolute atomic E-state index is 0.695. The van der Waals surface area contributed by atoms with Crippen molar-refractivity contribution in [2.75, 3.05) is 6.54 Å². The lowest BCUT2D eigenvalue weighted by Gasteiger charge is -2.25. The first-order chi connectivity index (χ1) is 13.2. The van der Waals surface area contributed by atoms with Crippen LogP contribution in [0.2, 0.25) is 5.02 Å². The molecular weight excluding hydrogens is 360 g/mol. The largest absolute Gasteiger partial charge is 0.439 e. The monoisotopic (exact) mass is 378 g/mol. The van der Waals surface area contributed by atoms with Crippen molar-refractivity contribution >= 4 is 22.7 Å². The van der Waals surface area contributed by atoms with Gasteiger partial charge in [0.2, 0.25) is 5.89 Å². The van der Waals surface area contributed by atoms with E-state index in [-0.39, 0.29) is 0 Å². The molecule has 6 heteroatoms. The zero-order chi connectivity index (χ0) is 18.4. The van der Waals surface area contributed by atoms with Gasteiger partial charge in [-0.1, -0.05) is 35.9 Å². The summed E-state index contributed by atoms with van der Waals surface area (Å²) in [6.07, 6.45) is 0.911. The van der Waals surface area contributed by atoms with Gasteiger partial charge in [0.15, 0.2) is 5.58 Å². The van der Waals surface area contributed by atoms with Crippen molar-refractivity contribution in [2.45, 2.75) is 19.5 Å². The van der Waals surface area contributed by atoms with Crippen molar-refractivity contribution in [3.05, 3.63) is 70.8 Å². The van der Waals surface area contributed by atoms with Crippen LogP contribution in [0.25, 0.3) is 22.5 Å². The molecule has 0 amide bonds. The van der Waals surface area contributed by atoms with Gasteiger partial charge in [0, 0.05) is 32.1 Å². The standard InChI is InChI=1S/C21H19ClN4O/c1-25-18-12-26(13-20-23-17-8-4-5-9-19(17)27-20)11-10-16(18)24-21(25)14-6-2-3-7-15(14)22/h2-9H,10-13H2,1H3. The third-order valence-electron chi connectivity index (χ3n) is 5.15. The van der Waals surface area contributed by atoms with E-state index in [2.05, 4.69) is 21.5 Å². The molecule has 27 heavy (non-hydrogen) atoms. The van der Waals surface area contributed by atoms with Gasteiger partial charge in [0.25, 0.3) is 0 Å². The summed E-state index contributed by atoms with van der Waals surface area (Å²) < 4.78 is 8.05. The van der Waals surface area contributed by atoms with Gasteiger partial charge in [-0.2, -0.15) is 0 Å². The van der Waals surface area contributed by atoms with E-state index >= 15 is 0 Å². The molecule has 4 aromatic rings. The summed E-state index contributed by atoms with van der Waals surface area (Å²) in [5.74, 6) is 1.68. The molecule has 2 aromatic heterocycles. The molecule has 1 aliphatic heterocycles. The molecule has 0 spiro atoms. The van der Waals surface area contributed by atoms with Crippen LogP contribution in [0.4, 0.5) is 0 Å². The summed E-state index contributed by atoms with van der Waals surface area (Å²) in [5.41, 5.74) is 5.11. The molecule has 0 saturated heterocycles. The number of nitrogens with zero attached hydrogens (tertiary/aromatic N) is 4. The Balaban J connectivity index is 1.42. The fourth-order valence-corrected chi connectivity index (χ4v) is 3.96. The summed E-state index contributed by atoms with van der Waals surface area (Å²) in [5, 5.41) is 0.728. The molecule has 0 N–H and O–H groups in total. The van der Waals surface area contributed by atoms with Crippen LogP contribution in [-0.4, -0.2) is 26.0 Å². The number of fused-ring (bicyclic) bond motifs is 2. The highest BCUT2D eigenvalue weighted by molar-refractivity contribution is 6.33. The lowest BCUT2D eigenvalue weighted by atomic mass is 10.1. The normalized spacial score (nSPS) is 14.6. The average molecular weight is 379 g/mol. The van der Waals surface area contributed by atoms with Gasteiger partial charge in [-0.3, -0.25) is 4.90 Å². The quantitative estimate of drug-likeness (QED) is 0.528. The minimum atomic E-state index is 0.695. The number of halogens is 1. The lowest BCUT2D eigenvalue weighted by Crippen LogP contribution is -2.31. The zero-order valence-corrected chi connectivity index (χ0v) is 15.8. The van der Waals surface area contributed by atoms with Gasteiger partial charge in [-0.05, 0) is 24.3 Å². The van der Waals surface area contributed by atoms with Crippen molar-refractivity contribution in [3.63, 3.8) is 0 Å². The fourth-order valence-electron chi connectivity index (χ4n) is 3.74. The van der Waals surface area contributed by atoms with Crippen LogP contribution in [0, 0.1) is 0 Å². The van der Waals surface area contributed by atoms with Crippen LogP contribution in [0.5, 0.6) is 0 Å². The third-order valence-corrected chi connectivity index (χ3v) is 5.48. The van der Waals surface area contributed by atoms with Gasteiger partial charge in [-0.15, -0.1) is 0 Å². The number of aromatic nitrogens is 3. The Morgan fingerprint density at radius 2 is 1.89 bits per heavy atom. The van der Waals surface area contributed by atoms with Crippen LogP contribution >= 0.6 is 11.6 Å². The predicted molar refractivity (Wildman–Crippen MR) is 105 cm³/mol. The van der Waals surface area contributed by atoms with Crippen LogP contribution in [-0.2, 0) is 26.6 Å². The molecule has 3 heterocycles. The highest BCUT2D eigenvalue weighted by atomic mass is 35.5. The molecule has 0 saturated carbocycles. The summed E-state index contributed by atoms with van der Waals surface area (Å²) >= 11 is 6.38. The molecule has 0 unspecified atom stereocenters. The number of oxazole rings is 1. The average Bonchev–Trinajstić information content (AvgIpc) is 3.23. The van der Waals surface area contributed by atoms with Crippen molar-refractivity contribution < 1.29 is 4.42 Å². The van der Waals surface area contributed by atoms with Gasteiger partial charge < -0.3 is 8.98 Å². The summed E-state index contributed by atoms with van der Waals surface area (Å²) in [4.78, 5) is 11.8. The smallest absolute Gasteiger partial charge is 0.209 e. The first kappa shape index (κ1) is 16.5. The highest BCUT2D eigenvalue weighted by Gasteiger charge is 2.25. The van der Waals surface area contributed by atoms with Crippen LogP contribution in [0.3, 0.4) is 0 Å². The van der Waals surface area contributed by atoms with E-state index in [1.54, 1.807) is 0 Å². The zero-order valence-electron chi connectivity index (χ0n) is 15.0. The summed E-state index contributed by atoms with van der Waals surface area (Å²) in [6.45, 7) is 2.45. The Labute approximate surface area is 162 Å². The SMILES string of the molecule is Cn1c(-c2ccccc2Cl)nc2c1CN(Cc1nc3ccccc3o1)CC2. The van der Waals surface area contributed by atoms with E-state index in [4.69, 9.17) is 21.0 Å². The second-order valence-corrected chi connectivity index (χ2v) is 7.31. The Kier molecular flexibility index (Phi) is 3.99. The number of rotatable bonds is 3. The Morgan fingerprint density at radius 1 is 1.07 bits per heavy atom. The van der Waals surface area contributed by atoms with Gasteiger partial charge in [-0.25, -0.2) is 9.97 Å². The van der Waals surface area contributed by atoms with E-state index in [0.717, 1.165) is 58.6 Å². The molecule has 0 bridgehead atoms. The molecule has 0 fully saturated rings. The fraction of sp³-hybridized carbons (Fsp3) is 0.238. The van der Waals surface area contributed by atoms with Crippen molar-refractivity contribution in [1.82, 2.24) is 19.4 Å². The van der Waals surface area contributed by atoms with E-state index in [9.17, 15) is 0 Å². The number of para-hydroxylation sites is 2. The maximum absolute atomic E-state index is 6.38. The summed E-state index contributed by atoms with van der Waals surface area (Å²) in [6, 6.07) is 15.7. The van der Waals surface area contributed by atoms with Crippen LogP contribution in [0.15, 0.2) is 52.9 Å². The van der Waals surface area contributed by atoms with Gasteiger partial charge in [0.05, 0.1) is 23.0 Å². The highest BCUT2D eigenvalue weighted by Crippen LogP contribution is 2.30. The molecule has 0 radical (unpaired) electrons. The van der Waals surface area contributed by atoms with Gasteiger partial charge in [0.1, 0.15) is 11.3 Å². The van der Waals surface area contributed by atoms with Crippen molar-refractivity contribution in [1.29, 1.82) is 0 Å². The predicted octanol–water partition coefficient (Wildman–Crippen LogP) is 4.44. The number of imidazole rings is 1. The van der Waals surface area contributed by atoms with Crippen molar-refractivity contribution in [3.8, 4) is 11.4 Å². The second-order valence-electron chi connectivity index (χ2n) is 6.90. The molecule has 0 atom stereocenters. The van der Waals surface area contributed by atoms with E-state index in [1.165, 1.54) is 5.69 Å². The molecule has 0 aliphatic carbocycles. The van der Waals surface area contributed by atoms with E-state index in [1.807, 2.05) is 48.5 Å². The van der Waals surface area contributed by atoms with Crippen LogP contribution < -0.4 is 0 Å². The van der Waals surface area contributed by atoms with Crippen molar-refractivity contribution in [2.24, 2.45) is 7.05 Å². The first-order valence-electron chi connectivity index (χ1n) is 9.05. The Morgan fingerprint density at radius 3 is 2.74 bits per heavy atom. The topological polar surface area (TPSA) is 47.1 Å². The number of hydrogen-bond donors (Lipinski definition) is 0. The maximum Gasteiger partial charge on any atom is 0.209 e. The van der Waals surface area contributed by atoms with Gasteiger partial charge >= 0.3 is 0 Å². The molecular formula is C21H19ClN4O. The Hall–Kier alpha value is -2.63. The second kappa shape index (κ2) is 6.51. The number of benzene rings is 2. The Bertz CT molecular complexity index is 1100. The van der Waals surface area contributed by atoms with Crippen LogP contribution in [0.1, 0.15) is 17.3 Å². The minimum Gasteiger partial charge on any atom is -0.439 e. The first-order valence-corrected chi connectivity index (χ1v) is 9.43. The molecule has 1 aliphatic rings. The summed E-state index contributed by atoms with van der Waals surface area (Å²) in [7, 11) is 2.06. The molecule has 2 aromatic carbocycles. The maximum atomic E-state index is 6.38. The lowest BCUT2D eigenvalue weighted by molar-refractivity contribution is 0.217. The van der Waals surface area contributed by atoms with E-state index in [0.29, 0.717) is 6.54 Å². The molecule has 5 rings (SSSR count). The number of hydrogen-bond acceptors (Lipinski definition) is 4. The molecule has 5 nitrogen and oxygen atoms in total. The molecule has 136 valence electrons.